The summed E-state index contributed by atoms with van der Waals surface area (Å²) in [7, 11) is 4.29. The zero-order chi connectivity index (χ0) is 20.5. The lowest BCUT2D eigenvalue weighted by Crippen LogP contribution is -2.31. The molecule has 0 bridgehead atoms. The zero-order valence-electron chi connectivity index (χ0n) is 17.6. The van der Waals surface area contributed by atoms with E-state index >= 15 is 0 Å². The van der Waals surface area contributed by atoms with Gasteiger partial charge in [0.2, 0.25) is 0 Å². The number of anilines is 1. The van der Waals surface area contributed by atoms with Crippen LogP contribution in [-0.2, 0) is 0 Å². The molecule has 2 aliphatic heterocycles. The summed E-state index contributed by atoms with van der Waals surface area (Å²) in [6.45, 7) is 6.07. The molecule has 4 rings (SSSR count). The molecule has 1 aromatic rings. The summed E-state index contributed by atoms with van der Waals surface area (Å²) in [6, 6.07) is 16.8. The van der Waals surface area contributed by atoms with Gasteiger partial charge in [-0.25, -0.2) is 0 Å². The maximum atomic E-state index is 12.6. The lowest BCUT2D eigenvalue weighted by molar-refractivity contribution is 0.315. The molecule has 0 amide bonds. The number of aromatic nitrogens is 1. The summed E-state index contributed by atoms with van der Waals surface area (Å²) in [4.78, 5) is 25.1. The van der Waals surface area contributed by atoms with E-state index in [1.54, 1.807) is 0 Å². The normalized spacial score (nSPS) is 17.5. The van der Waals surface area contributed by atoms with Crippen molar-refractivity contribution in [2.24, 2.45) is 4.99 Å². The molecule has 1 fully saturated rings. The van der Waals surface area contributed by atoms with Gasteiger partial charge in [0, 0.05) is 36.1 Å². The molecular formula is C24H28N4O. The number of aliphatic imine (C=N–C) groups is 1. The second-order valence-electron chi connectivity index (χ2n) is 8.09. The third-order valence-corrected chi connectivity index (χ3v) is 5.88. The molecule has 150 valence electrons. The van der Waals surface area contributed by atoms with Crippen LogP contribution in [0.5, 0.6) is 0 Å². The Kier molecular flexibility index (Phi) is 5.24. The number of nitrogens with zero attached hydrogens (tertiary/aromatic N) is 3. The summed E-state index contributed by atoms with van der Waals surface area (Å²) in [6.07, 6.45) is 1.17. The number of benzene rings is 1. The summed E-state index contributed by atoms with van der Waals surface area (Å²) in [5, 5.41) is 0. The van der Waals surface area contributed by atoms with Gasteiger partial charge in [-0.05, 0) is 58.1 Å². The summed E-state index contributed by atoms with van der Waals surface area (Å²) >= 11 is 0. The minimum absolute atomic E-state index is 0.0883. The van der Waals surface area contributed by atoms with Crippen LogP contribution >= 0.6 is 0 Å². The lowest BCUT2D eigenvalue weighted by Gasteiger charge is -2.22. The van der Waals surface area contributed by atoms with Crippen molar-refractivity contribution >= 4 is 17.1 Å². The highest BCUT2D eigenvalue weighted by Gasteiger charge is 2.24. The molecule has 1 aliphatic carbocycles. The minimum atomic E-state index is -0.0883. The van der Waals surface area contributed by atoms with Crippen LogP contribution in [-0.4, -0.2) is 48.8 Å². The van der Waals surface area contributed by atoms with Gasteiger partial charge in [0.25, 0.3) is 5.56 Å². The Morgan fingerprint density at radius 1 is 1.17 bits per heavy atom. The molecule has 0 radical (unpaired) electrons. The molecule has 1 saturated heterocycles. The molecule has 0 saturated carbocycles. The number of hydrogen-bond donors (Lipinski definition) is 1. The quantitative estimate of drug-likeness (QED) is 0.686. The van der Waals surface area contributed by atoms with Crippen molar-refractivity contribution in [1.29, 1.82) is 0 Å². The molecule has 29 heavy (non-hydrogen) atoms. The fraction of sp³-hybridized carbons (Fsp3) is 0.333. The average molecular weight is 389 g/mol. The standard InChI is InChI=1S/C24H28N4O/c1-16-10-11-18(28-13-12-19(15-28)27(3)4)14-22(16)25-17(2)23-20-8-6-5-7-9-21(20)26-24(23)29/h5-11,14,19H,12-13,15H2,1-4H3,(H,26,29)/b25-17+/t19-/m1/s1. The van der Waals surface area contributed by atoms with Crippen LogP contribution in [0.4, 0.5) is 11.4 Å². The SMILES string of the molecule is C/C(=N\c1cc(N2CC[C@@H](N(C)C)C2)ccc1C)c1c2cccccc-2[nH]c1=O. The van der Waals surface area contributed by atoms with Crippen LogP contribution in [0, 0.1) is 6.92 Å². The first-order chi connectivity index (χ1) is 13.9. The van der Waals surface area contributed by atoms with Gasteiger partial charge in [0.15, 0.2) is 0 Å². The molecule has 1 aromatic carbocycles. The van der Waals surface area contributed by atoms with Crippen LogP contribution in [0.3, 0.4) is 0 Å². The number of rotatable bonds is 4. The third kappa shape index (κ3) is 3.83. The monoisotopic (exact) mass is 388 g/mol. The first-order valence-electron chi connectivity index (χ1n) is 10.1. The molecule has 5 nitrogen and oxygen atoms in total. The van der Waals surface area contributed by atoms with Gasteiger partial charge in [-0.15, -0.1) is 0 Å². The second kappa shape index (κ2) is 7.84. The molecular weight excluding hydrogens is 360 g/mol. The first-order valence-corrected chi connectivity index (χ1v) is 10.1. The van der Waals surface area contributed by atoms with Crippen molar-refractivity contribution < 1.29 is 0 Å². The van der Waals surface area contributed by atoms with E-state index in [9.17, 15) is 4.79 Å². The van der Waals surface area contributed by atoms with Gasteiger partial charge in [0.1, 0.15) is 0 Å². The second-order valence-corrected chi connectivity index (χ2v) is 8.09. The first kappa shape index (κ1) is 19.4. The molecule has 2 heterocycles. The highest BCUT2D eigenvalue weighted by Crippen LogP contribution is 2.30. The molecule has 5 heteroatoms. The Bertz CT molecular complexity index is 1080. The largest absolute Gasteiger partial charge is 0.370 e. The summed E-state index contributed by atoms with van der Waals surface area (Å²) in [5.74, 6) is 0. The smallest absolute Gasteiger partial charge is 0.258 e. The molecule has 0 aromatic heterocycles. The third-order valence-electron chi connectivity index (χ3n) is 5.88. The number of hydrogen-bond acceptors (Lipinski definition) is 4. The zero-order valence-corrected chi connectivity index (χ0v) is 17.6. The number of H-pyrrole nitrogens is 1. The van der Waals surface area contributed by atoms with Crippen molar-refractivity contribution in [2.75, 3.05) is 32.1 Å². The van der Waals surface area contributed by atoms with E-state index in [0.717, 1.165) is 41.3 Å². The van der Waals surface area contributed by atoms with E-state index < -0.39 is 0 Å². The maximum absolute atomic E-state index is 12.6. The Morgan fingerprint density at radius 3 is 2.72 bits per heavy atom. The van der Waals surface area contributed by atoms with E-state index in [2.05, 4.69) is 54.0 Å². The highest BCUT2D eigenvalue weighted by molar-refractivity contribution is 6.05. The fourth-order valence-corrected chi connectivity index (χ4v) is 4.09. The van der Waals surface area contributed by atoms with Crippen LogP contribution in [0.2, 0.25) is 0 Å². The van der Waals surface area contributed by atoms with Crippen LogP contribution in [0.1, 0.15) is 24.5 Å². The Morgan fingerprint density at radius 2 is 1.97 bits per heavy atom. The number of likely N-dealkylation sites (N-methyl/N-ethyl adjacent to an activating group) is 1. The van der Waals surface area contributed by atoms with E-state index in [1.807, 2.05) is 37.3 Å². The average Bonchev–Trinajstić information content (AvgIpc) is 3.22. The maximum Gasteiger partial charge on any atom is 0.258 e. The van der Waals surface area contributed by atoms with Gasteiger partial charge in [0.05, 0.1) is 17.0 Å². The number of aryl methyl sites for hydroxylation is 1. The topological polar surface area (TPSA) is 51.7 Å². The molecule has 1 N–H and O–H groups in total. The number of nitrogens with one attached hydrogen (secondary N) is 1. The molecule has 0 unspecified atom stereocenters. The van der Waals surface area contributed by atoms with Crippen molar-refractivity contribution in [1.82, 2.24) is 9.88 Å². The van der Waals surface area contributed by atoms with Crippen molar-refractivity contribution in [3.8, 4) is 11.3 Å². The van der Waals surface area contributed by atoms with Crippen LogP contribution < -0.4 is 10.5 Å². The van der Waals surface area contributed by atoms with Gasteiger partial charge < -0.3 is 14.8 Å². The van der Waals surface area contributed by atoms with Crippen molar-refractivity contribution in [3.63, 3.8) is 0 Å². The molecule has 1 atom stereocenters. The number of aromatic amines is 1. The minimum Gasteiger partial charge on any atom is -0.370 e. The Balaban J connectivity index is 1.69. The predicted molar refractivity (Wildman–Crippen MR) is 121 cm³/mol. The fourth-order valence-electron chi connectivity index (χ4n) is 4.09. The Hall–Kier alpha value is -2.92. The predicted octanol–water partition coefficient (Wildman–Crippen LogP) is 4.07. The van der Waals surface area contributed by atoms with E-state index in [1.165, 1.54) is 12.1 Å². The highest BCUT2D eigenvalue weighted by atomic mass is 16.1. The molecule has 0 spiro atoms. The number of fused-ring (bicyclic) bond motifs is 1. The van der Waals surface area contributed by atoms with Gasteiger partial charge in [-0.1, -0.05) is 30.3 Å². The van der Waals surface area contributed by atoms with E-state index in [0.29, 0.717) is 11.6 Å². The molecule has 3 aliphatic rings. The van der Waals surface area contributed by atoms with Crippen molar-refractivity contribution in [3.05, 3.63) is 70.0 Å². The lowest BCUT2D eigenvalue weighted by atomic mass is 10.1. The van der Waals surface area contributed by atoms with Crippen LogP contribution in [0.15, 0.2) is 58.3 Å². The van der Waals surface area contributed by atoms with E-state index in [4.69, 9.17) is 4.99 Å². The van der Waals surface area contributed by atoms with Crippen molar-refractivity contribution in [2.45, 2.75) is 26.3 Å². The summed E-state index contributed by atoms with van der Waals surface area (Å²) < 4.78 is 0. The summed E-state index contributed by atoms with van der Waals surface area (Å²) in [5.41, 5.74) is 6.26. The van der Waals surface area contributed by atoms with E-state index in [-0.39, 0.29) is 5.56 Å². The van der Waals surface area contributed by atoms with Gasteiger partial charge in [-0.3, -0.25) is 9.79 Å². The van der Waals surface area contributed by atoms with Gasteiger partial charge in [-0.2, -0.15) is 0 Å². The van der Waals surface area contributed by atoms with Gasteiger partial charge >= 0.3 is 0 Å². The van der Waals surface area contributed by atoms with Crippen LogP contribution in [0.25, 0.3) is 11.3 Å². The Labute approximate surface area is 172 Å².